The maximum absolute atomic E-state index is 13.7. The summed E-state index contributed by atoms with van der Waals surface area (Å²) in [5, 5.41) is 3.01. The molecular weight excluding hydrogens is 472 g/mol. The van der Waals surface area contributed by atoms with Gasteiger partial charge in [-0.15, -0.1) is 0 Å². The second kappa shape index (κ2) is 11.2. The van der Waals surface area contributed by atoms with E-state index >= 15 is 0 Å². The van der Waals surface area contributed by atoms with Gasteiger partial charge < -0.3 is 10.1 Å². The Bertz CT molecular complexity index is 1330. The maximum atomic E-state index is 13.7. The fourth-order valence-corrected chi connectivity index (χ4v) is 5.77. The summed E-state index contributed by atoms with van der Waals surface area (Å²) in [6.07, 6.45) is 0. The average Bonchev–Trinajstić information content (AvgIpc) is 2.82. The maximum Gasteiger partial charge on any atom is 0.264 e. The molecule has 0 saturated heterocycles. The van der Waals surface area contributed by atoms with Crippen molar-refractivity contribution >= 4 is 21.6 Å². The molecule has 3 rings (SSSR count). The topological polar surface area (TPSA) is 75.7 Å². The van der Waals surface area contributed by atoms with Gasteiger partial charge in [0.15, 0.2) is 0 Å². The number of carbonyl (C=O) groups is 1. The molecule has 0 aromatic heterocycles. The molecule has 0 unspecified atom stereocenters. The van der Waals surface area contributed by atoms with Gasteiger partial charge in [-0.1, -0.05) is 49.7 Å². The Morgan fingerprint density at radius 3 is 2.14 bits per heavy atom. The number of methoxy groups -OCH3 is 1. The Morgan fingerprint density at radius 2 is 1.56 bits per heavy atom. The molecule has 0 saturated carbocycles. The zero-order valence-corrected chi connectivity index (χ0v) is 22.9. The van der Waals surface area contributed by atoms with Gasteiger partial charge in [0.2, 0.25) is 5.91 Å². The van der Waals surface area contributed by atoms with Crippen molar-refractivity contribution < 1.29 is 17.9 Å². The van der Waals surface area contributed by atoms with Crippen LogP contribution in [0.1, 0.15) is 60.5 Å². The largest absolute Gasteiger partial charge is 0.496 e. The monoisotopic (exact) mass is 508 g/mol. The number of ether oxygens (including phenoxy) is 1. The lowest BCUT2D eigenvalue weighted by Gasteiger charge is -2.27. The van der Waals surface area contributed by atoms with Crippen molar-refractivity contribution in [2.75, 3.05) is 18.0 Å². The van der Waals surface area contributed by atoms with Crippen LogP contribution in [0, 0.1) is 20.8 Å². The number of hydrogen-bond donors (Lipinski definition) is 1. The number of hydrogen-bond acceptors (Lipinski definition) is 4. The minimum absolute atomic E-state index is 0.143. The molecule has 3 aromatic rings. The predicted molar refractivity (Wildman–Crippen MR) is 145 cm³/mol. The Hall–Kier alpha value is -3.32. The molecule has 1 N–H and O–H groups in total. The van der Waals surface area contributed by atoms with Crippen molar-refractivity contribution in [1.82, 2.24) is 5.32 Å². The number of benzene rings is 3. The van der Waals surface area contributed by atoms with Crippen LogP contribution in [-0.4, -0.2) is 28.0 Å². The minimum Gasteiger partial charge on any atom is -0.496 e. The molecule has 3 aromatic carbocycles. The molecule has 7 heteroatoms. The van der Waals surface area contributed by atoms with E-state index in [0.717, 1.165) is 33.6 Å². The predicted octanol–water partition coefficient (Wildman–Crippen LogP) is 5.82. The van der Waals surface area contributed by atoms with Crippen LogP contribution in [0.2, 0.25) is 0 Å². The van der Waals surface area contributed by atoms with Crippen molar-refractivity contribution in [2.24, 2.45) is 0 Å². The van der Waals surface area contributed by atoms with Crippen molar-refractivity contribution in [2.45, 2.75) is 58.4 Å². The Morgan fingerprint density at radius 1 is 0.917 bits per heavy atom. The first kappa shape index (κ1) is 27.3. The molecule has 0 bridgehead atoms. The summed E-state index contributed by atoms with van der Waals surface area (Å²) in [6, 6.07) is 17.6. The molecule has 36 heavy (non-hydrogen) atoms. The van der Waals surface area contributed by atoms with Crippen molar-refractivity contribution in [3.05, 3.63) is 88.5 Å². The van der Waals surface area contributed by atoms with Crippen LogP contribution in [0.15, 0.2) is 65.6 Å². The fourth-order valence-electron chi connectivity index (χ4n) is 4.29. The van der Waals surface area contributed by atoms with E-state index in [1.54, 1.807) is 43.5 Å². The zero-order chi connectivity index (χ0) is 26.6. The lowest BCUT2D eigenvalue weighted by molar-refractivity contribution is -0.120. The number of anilines is 1. The molecule has 0 aliphatic carbocycles. The van der Waals surface area contributed by atoms with Gasteiger partial charge in [0.1, 0.15) is 12.3 Å². The molecule has 1 atom stereocenters. The first-order valence-corrected chi connectivity index (χ1v) is 13.5. The quantitative estimate of drug-likeness (QED) is 0.395. The summed E-state index contributed by atoms with van der Waals surface area (Å²) >= 11 is 0. The standard InChI is InChI=1S/C29H36N2O4S/c1-19(2)25-17-26(22(5)16-28(25)35-7)23(6)30-29(32)18-31(27-11-9-8-10-21(27)4)36(33,34)24-14-12-20(3)13-15-24/h8-17,19,23H,18H2,1-7H3,(H,30,32)/t23-/m1/s1. The Kier molecular flexibility index (Phi) is 8.46. The van der Waals surface area contributed by atoms with Gasteiger partial charge in [0.05, 0.1) is 23.7 Å². The summed E-state index contributed by atoms with van der Waals surface area (Å²) in [7, 11) is -2.32. The van der Waals surface area contributed by atoms with Crippen molar-refractivity contribution in [3.63, 3.8) is 0 Å². The van der Waals surface area contributed by atoms with Crippen LogP contribution < -0.4 is 14.4 Å². The molecule has 192 valence electrons. The van der Waals surface area contributed by atoms with Crippen LogP contribution in [0.5, 0.6) is 5.75 Å². The van der Waals surface area contributed by atoms with Crippen LogP contribution in [0.4, 0.5) is 5.69 Å². The second-order valence-corrected chi connectivity index (χ2v) is 11.4. The van der Waals surface area contributed by atoms with E-state index in [1.165, 1.54) is 4.31 Å². The Balaban J connectivity index is 1.93. The summed E-state index contributed by atoms with van der Waals surface area (Å²) in [4.78, 5) is 13.4. The molecule has 0 radical (unpaired) electrons. The van der Waals surface area contributed by atoms with Gasteiger partial charge >= 0.3 is 0 Å². The summed E-state index contributed by atoms with van der Waals surface area (Å²) in [6.45, 7) is 11.5. The molecule has 0 spiro atoms. The van der Waals surface area contributed by atoms with E-state index in [1.807, 2.05) is 45.9 Å². The van der Waals surface area contributed by atoms with Gasteiger partial charge in [0, 0.05) is 0 Å². The molecule has 0 aliphatic heterocycles. The van der Waals surface area contributed by atoms with E-state index in [2.05, 4.69) is 25.2 Å². The summed E-state index contributed by atoms with van der Waals surface area (Å²) in [5.74, 6) is 0.681. The third kappa shape index (κ3) is 5.90. The second-order valence-electron chi connectivity index (χ2n) is 9.51. The molecule has 1 amide bonds. The molecular formula is C29H36N2O4S. The third-order valence-corrected chi connectivity index (χ3v) is 8.14. The number of para-hydroxylation sites is 1. The van der Waals surface area contributed by atoms with E-state index in [-0.39, 0.29) is 29.3 Å². The van der Waals surface area contributed by atoms with Crippen molar-refractivity contribution in [1.29, 1.82) is 0 Å². The Labute approximate surface area is 215 Å². The molecule has 0 aliphatic rings. The number of nitrogens with one attached hydrogen (secondary N) is 1. The highest BCUT2D eigenvalue weighted by atomic mass is 32.2. The van der Waals surface area contributed by atoms with Gasteiger partial charge in [-0.3, -0.25) is 9.10 Å². The van der Waals surface area contributed by atoms with Gasteiger partial charge in [-0.25, -0.2) is 8.42 Å². The first-order chi connectivity index (χ1) is 16.9. The molecule has 0 heterocycles. The van der Waals surface area contributed by atoms with E-state index in [9.17, 15) is 13.2 Å². The summed E-state index contributed by atoms with van der Waals surface area (Å²) in [5.41, 5.74) is 5.22. The van der Waals surface area contributed by atoms with Gasteiger partial charge in [-0.2, -0.15) is 0 Å². The van der Waals surface area contributed by atoms with E-state index in [0.29, 0.717) is 5.69 Å². The number of nitrogens with zero attached hydrogens (tertiary/aromatic N) is 1. The van der Waals surface area contributed by atoms with Crippen LogP contribution in [-0.2, 0) is 14.8 Å². The number of sulfonamides is 1. The SMILES string of the molecule is COc1cc(C)c([C@@H](C)NC(=O)CN(c2ccccc2C)S(=O)(=O)c2ccc(C)cc2)cc1C(C)C. The van der Waals surface area contributed by atoms with Crippen LogP contribution in [0.25, 0.3) is 0 Å². The average molecular weight is 509 g/mol. The molecule has 0 fully saturated rings. The summed E-state index contributed by atoms with van der Waals surface area (Å²) < 4.78 is 34.1. The number of amides is 1. The number of aryl methyl sites for hydroxylation is 3. The normalized spacial score (nSPS) is 12.3. The number of rotatable bonds is 9. The third-order valence-electron chi connectivity index (χ3n) is 6.36. The van der Waals surface area contributed by atoms with Crippen molar-refractivity contribution in [3.8, 4) is 5.75 Å². The van der Waals surface area contributed by atoms with Crippen LogP contribution >= 0.6 is 0 Å². The highest BCUT2D eigenvalue weighted by Gasteiger charge is 2.29. The molecule has 6 nitrogen and oxygen atoms in total. The highest BCUT2D eigenvalue weighted by molar-refractivity contribution is 7.92. The van der Waals surface area contributed by atoms with Gasteiger partial charge in [0.25, 0.3) is 10.0 Å². The van der Waals surface area contributed by atoms with E-state index in [4.69, 9.17) is 4.74 Å². The fraction of sp³-hybridized carbons (Fsp3) is 0.345. The lowest BCUT2D eigenvalue weighted by atomic mass is 9.93. The number of carbonyl (C=O) groups excluding carboxylic acids is 1. The minimum atomic E-state index is -3.97. The zero-order valence-electron chi connectivity index (χ0n) is 22.1. The van der Waals surface area contributed by atoms with Gasteiger partial charge in [-0.05, 0) is 86.2 Å². The highest BCUT2D eigenvalue weighted by Crippen LogP contribution is 2.32. The van der Waals surface area contributed by atoms with E-state index < -0.39 is 10.0 Å². The van der Waals surface area contributed by atoms with Crippen LogP contribution in [0.3, 0.4) is 0 Å². The first-order valence-electron chi connectivity index (χ1n) is 12.1. The smallest absolute Gasteiger partial charge is 0.264 e. The lowest BCUT2D eigenvalue weighted by Crippen LogP contribution is -2.42.